The van der Waals surface area contributed by atoms with E-state index < -0.39 is 5.60 Å². The molecule has 1 aromatic carbocycles. The first-order chi connectivity index (χ1) is 8.07. The Labute approximate surface area is 107 Å². The molecule has 0 aromatic heterocycles. The van der Waals surface area contributed by atoms with E-state index in [1.807, 2.05) is 19.1 Å². The van der Waals surface area contributed by atoms with Crippen LogP contribution in [0.4, 0.5) is 0 Å². The smallest absolute Gasteiger partial charge is 0.0927 e. The summed E-state index contributed by atoms with van der Waals surface area (Å²) in [6, 6.07) is 3.88. The Bertz CT molecular complexity index is 436. The molecule has 0 bridgehead atoms. The van der Waals surface area contributed by atoms with Crippen molar-refractivity contribution < 1.29 is 5.11 Å². The number of hydrogen-bond acceptors (Lipinski definition) is 2. The molecule has 2 rings (SSSR count). The molecule has 0 spiro atoms. The minimum atomic E-state index is -0.772. The highest BCUT2D eigenvalue weighted by Gasteiger charge is 2.33. The fourth-order valence-corrected chi connectivity index (χ4v) is 2.55. The van der Waals surface area contributed by atoms with Crippen LogP contribution in [0.15, 0.2) is 18.7 Å². The number of hydrogen-bond donors (Lipinski definition) is 2. The van der Waals surface area contributed by atoms with Crippen molar-refractivity contribution in [3.05, 3.63) is 40.4 Å². The molecule has 0 radical (unpaired) electrons. The molecule has 0 amide bonds. The van der Waals surface area contributed by atoms with Gasteiger partial charge in [0.15, 0.2) is 0 Å². The highest BCUT2D eigenvalue weighted by Crippen LogP contribution is 2.36. The second-order valence-electron chi connectivity index (χ2n) is 4.67. The Kier molecular flexibility index (Phi) is 3.57. The van der Waals surface area contributed by atoms with Crippen LogP contribution in [-0.4, -0.2) is 18.2 Å². The maximum atomic E-state index is 10.7. The maximum absolute atomic E-state index is 10.7. The Hall–Kier alpha value is -0.830. The van der Waals surface area contributed by atoms with E-state index >= 15 is 0 Å². The van der Waals surface area contributed by atoms with Crippen LogP contribution >= 0.6 is 11.6 Å². The average Bonchev–Trinajstić information content (AvgIpc) is 2.33. The highest BCUT2D eigenvalue weighted by atomic mass is 35.5. The molecule has 0 atom stereocenters. The Morgan fingerprint density at radius 3 is 2.65 bits per heavy atom. The van der Waals surface area contributed by atoms with Gasteiger partial charge in [0.1, 0.15) is 0 Å². The molecule has 1 heterocycles. The fraction of sp³-hybridized carbons (Fsp3) is 0.429. The molecular weight excluding hydrogens is 234 g/mol. The summed E-state index contributed by atoms with van der Waals surface area (Å²) in [4.78, 5) is 0. The van der Waals surface area contributed by atoms with Crippen molar-refractivity contribution in [2.45, 2.75) is 25.4 Å². The van der Waals surface area contributed by atoms with Gasteiger partial charge in [-0.15, -0.1) is 0 Å². The second kappa shape index (κ2) is 4.81. The van der Waals surface area contributed by atoms with Crippen LogP contribution in [0.1, 0.15) is 29.5 Å². The highest BCUT2D eigenvalue weighted by molar-refractivity contribution is 6.31. The zero-order valence-electron chi connectivity index (χ0n) is 10.1. The summed E-state index contributed by atoms with van der Waals surface area (Å²) in [5.41, 5.74) is 2.13. The average molecular weight is 252 g/mol. The molecule has 1 aromatic rings. The van der Waals surface area contributed by atoms with Gasteiger partial charge in [-0.25, -0.2) is 0 Å². The standard InChI is InChI=1S/C14H18ClNO/c1-3-11-8-10(2)13(15)9-12(11)14(17)4-6-16-7-5-14/h3,8-9,16-17H,1,4-7H2,2H3. The summed E-state index contributed by atoms with van der Waals surface area (Å²) < 4.78 is 0. The Balaban J connectivity index is 2.49. The minimum absolute atomic E-state index is 0.706. The van der Waals surface area contributed by atoms with E-state index in [0.29, 0.717) is 17.9 Å². The van der Waals surface area contributed by atoms with Crippen molar-refractivity contribution in [2.75, 3.05) is 13.1 Å². The molecule has 1 saturated heterocycles. The summed E-state index contributed by atoms with van der Waals surface area (Å²) in [5, 5.41) is 14.7. The summed E-state index contributed by atoms with van der Waals surface area (Å²) >= 11 is 6.16. The van der Waals surface area contributed by atoms with Crippen molar-refractivity contribution in [3.63, 3.8) is 0 Å². The van der Waals surface area contributed by atoms with E-state index in [4.69, 9.17) is 11.6 Å². The fourth-order valence-electron chi connectivity index (χ4n) is 2.39. The lowest BCUT2D eigenvalue weighted by molar-refractivity contribution is 0.00577. The van der Waals surface area contributed by atoms with Crippen LogP contribution in [0.3, 0.4) is 0 Å². The second-order valence-corrected chi connectivity index (χ2v) is 5.08. The Morgan fingerprint density at radius 2 is 2.06 bits per heavy atom. The van der Waals surface area contributed by atoms with E-state index in [2.05, 4.69) is 11.9 Å². The van der Waals surface area contributed by atoms with Crippen LogP contribution < -0.4 is 5.32 Å². The summed E-state index contributed by atoms with van der Waals surface area (Å²) in [5.74, 6) is 0. The van der Waals surface area contributed by atoms with Crippen LogP contribution in [0.5, 0.6) is 0 Å². The van der Waals surface area contributed by atoms with E-state index in [0.717, 1.165) is 29.8 Å². The maximum Gasteiger partial charge on any atom is 0.0927 e. The largest absolute Gasteiger partial charge is 0.385 e. The molecule has 3 heteroatoms. The van der Waals surface area contributed by atoms with Gasteiger partial charge in [0, 0.05) is 5.02 Å². The summed E-state index contributed by atoms with van der Waals surface area (Å²) in [7, 11) is 0. The monoisotopic (exact) mass is 251 g/mol. The predicted molar refractivity (Wildman–Crippen MR) is 72.3 cm³/mol. The number of benzene rings is 1. The first-order valence-electron chi connectivity index (χ1n) is 5.93. The van der Waals surface area contributed by atoms with Gasteiger partial charge in [0.05, 0.1) is 5.60 Å². The first kappa shape index (κ1) is 12.6. The quantitative estimate of drug-likeness (QED) is 0.847. The van der Waals surface area contributed by atoms with Crippen LogP contribution in [0.25, 0.3) is 6.08 Å². The van der Waals surface area contributed by atoms with Gasteiger partial charge in [-0.3, -0.25) is 0 Å². The molecule has 2 nitrogen and oxygen atoms in total. The number of nitrogens with one attached hydrogen (secondary N) is 1. The van der Waals surface area contributed by atoms with E-state index in [9.17, 15) is 5.11 Å². The van der Waals surface area contributed by atoms with Crippen molar-refractivity contribution >= 4 is 17.7 Å². The molecular formula is C14H18ClNO. The molecule has 2 N–H and O–H groups in total. The summed E-state index contributed by atoms with van der Waals surface area (Å²) in [6.07, 6.45) is 3.22. The Morgan fingerprint density at radius 1 is 1.41 bits per heavy atom. The van der Waals surface area contributed by atoms with Crippen molar-refractivity contribution in [2.24, 2.45) is 0 Å². The third-order valence-corrected chi connectivity index (χ3v) is 3.89. The third kappa shape index (κ3) is 2.39. The van der Waals surface area contributed by atoms with Crippen LogP contribution in [0.2, 0.25) is 5.02 Å². The molecule has 1 fully saturated rings. The van der Waals surface area contributed by atoms with Crippen LogP contribution in [-0.2, 0) is 5.60 Å². The van der Waals surface area contributed by atoms with Gasteiger partial charge in [0.25, 0.3) is 0 Å². The molecule has 1 aliphatic rings. The van der Waals surface area contributed by atoms with Crippen molar-refractivity contribution in [1.82, 2.24) is 5.32 Å². The lowest BCUT2D eigenvalue weighted by Gasteiger charge is -2.34. The zero-order valence-corrected chi connectivity index (χ0v) is 10.8. The van der Waals surface area contributed by atoms with Gasteiger partial charge < -0.3 is 10.4 Å². The van der Waals surface area contributed by atoms with Crippen molar-refractivity contribution in [1.29, 1.82) is 0 Å². The predicted octanol–water partition coefficient (Wildman–Crippen LogP) is 2.86. The third-order valence-electron chi connectivity index (χ3n) is 3.48. The van der Waals surface area contributed by atoms with Gasteiger partial charge in [-0.1, -0.05) is 30.3 Å². The molecule has 0 saturated carbocycles. The molecule has 17 heavy (non-hydrogen) atoms. The lowest BCUT2D eigenvalue weighted by atomic mass is 9.82. The van der Waals surface area contributed by atoms with Gasteiger partial charge >= 0.3 is 0 Å². The van der Waals surface area contributed by atoms with Gasteiger partial charge in [-0.2, -0.15) is 0 Å². The van der Waals surface area contributed by atoms with Crippen molar-refractivity contribution in [3.8, 4) is 0 Å². The topological polar surface area (TPSA) is 32.3 Å². The van der Waals surface area contributed by atoms with E-state index in [1.54, 1.807) is 6.08 Å². The molecule has 92 valence electrons. The zero-order chi connectivity index (χ0) is 12.5. The van der Waals surface area contributed by atoms with Gasteiger partial charge in [-0.05, 0) is 55.6 Å². The normalized spacial score (nSPS) is 19.0. The number of aryl methyl sites for hydroxylation is 1. The number of aliphatic hydroxyl groups is 1. The SMILES string of the molecule is C=Cc1cc(C)c(Cl)cc1C1(O)CCNCC1. The molecule has 0 unspecified atom stereocenters. The first-order valence-corrected chi connectivity index (χ1v) is 6.31. The number of halogens is 1. The number of piperidine rings is 1. The van der Waals surface area contributed by atoms with Gasteiger partial charge in [0.2, 0.25) is 0 Å². The van der Waals surface area contributed by atoms with Crippen LogP contribution in [0, 0.1) is 6.92 Å². The lowest BCUT2D eigenvalue weighted by Crippen LogP contribution is -2.40. The minimum Gasteiger partial charge on any atom is -0.385 e. The molecule has 1 aliphatic heterocycles. The van der Waals surface area contributed by atoms with E-state index in [1.165, 1.54) is 0 Å². The summed E-state index contributed by atoms with van der Waals surface area (Å²) in [6.45, 7) is 7.45. The molecule has 0 aliphatic carbocycles. The number of rotatable bonds is 2. The van der Waals surface area contributed by atoms with E-state index in [-0.39, 0.29) is 0 Å².